The summed E-state index contributed by atoms with van der Waals surface area (Å²) in [5.41, 5.74) is 2.91. The minimum Gasteiger partial charge on any atom is -0.758 e. The molecule has 0 saturated carbocycles. The van der Waals surface area contributed by atoms with Gasteiger partial charge in [-0.25, -0.2) is 0 Å². The molecule has 4 aromatic rings. The monoisotopic (exact) mass is 574 g/mol. The molecule has 9 heteroatoms. The molecule has 6 nitrogen and oxygen atoms in total. The van der Waals surface area contributed by atoms with Crippen LogP contribution in [0.3, 0.4) is 0 Å². The molecule has 0 saturated heterocycles. The van der Waals surface area contributed by atoms with E-state index in [1.165, 1.54) is 12.4 Å². The van der Waals surface area contributed by atoms with E-state index in [2.05, 4.69) is 20.4 Å². The number of phenols is 2. The van der Waals surface area contributed by atoms with Gasteiger partial charge in [0.05, 0.1) is 12.4 Å². The molecule has 4 aromatic carbocycles. The molecule has 0 unspecified atom stereocenters. The van der Waals surface area contributed by atoms with Gasteiger partial charge in [-0.2, -0.15) is 20.4 Å². The molecule has 0 atom stereocenters. The average molecular weight is 576 g/mol. The third-order valence-corrected chi connectivity index (χ3v) is 5.24. The predicted molar refractivity (Wildman–Crippen MR) is 152 cm³/mol. The van der Waals surface area contributed by atoms with E-state index in [-0.39, 0.29) is 31.0 Å². The first kappa shape index (κ1) is 29.5. The molecule has 0 aromatic heterocycles. The Morgan fingerprint density at radius 2 is 0.838 bits per heavy atom. The predicted octanol–water partition coefficient (Wildman–Crippen LogP) is 5.44. The van der Waals surface area contributed by atoms with Gasteiger partial charge in [0.2, 0.25) is 0 Å². The largest absolute Gasteiger partial charge is 2.00 e. The van der Waals surface area contributed by atoms with Crippen LogP contribution in [0.4, 0.5) is 0 Å². The van der Waals surface area contributed by atoms with Crippen molar-refractivity contribution in [3.8, 4) is 11.5 Å². The second-order valence-corrected chi connectivity index (χ2v) is 7.92. The van der Waals surface area contributed by atoms with Gasteiger partial charge in [0.25, 0.3) is 0 Å². The maximum atomic E-state index is 9.53. The van der Waals surface area contributed by atoms with Crippen LogP contribution < -0.4 is 0 Å². The average Bonchev–Trinajstić information content (AvgIpc) is 2.92. The van der Waals surface area contributed by atoms with Crippen molar-refractivity contribution in [3.63, 3.8) is 0 Å². The van der Waals surface area contributed by atoms with E-state index in [9.17, 15) is 10.2 Å². The first-order valence-electron chi connectivity index (χ1n) is 10.8. The number of aromatic hydroxyl groups is 2. The van der Waals surface area contributed by atoms with Crippen LogP contribution in [-0.2, 0) is 44.7 Å². The fourth-order valence-corrected chi connectivity index (χ4v) is 3.12. The summed E-state index contributed by atoms with van der Waals surface area (Å²) in [5.74, 6) is 0.337. The van der Waals surface area contributed by atoms with Crippen LogP contribution in [0.15, 0.2) is 130 Å². The maximum Gasteiger partial charge on any atom is 2.00 e. The second kappa shape index (κ2) is 16.1. The molecular weight excluding hydrogens is 554 g/mol. The van der Waals surface area contributed by atoms with Crippen molar-refractivity contribution >= 4 is 47.8 Å². The molecule has 0 spiro atoms. The number of hydrogen-bond donors (Lipinski definition) is 2. The van der Waals surface area contributed by atoms with Gasteiger partial charge in [-0.15, -0.1) is 0 Å². The van der Waals surface area contributed by atoms with Gasteiger partial charge < -0.3 is 35.5 Å². The zero-order valence-electron chi connectivity index (χ0n) is 19.8. The van der Waals surface area contributed by atoms with Crippen LogP contribution >= 0.6 is 0 Å². The molecule has 0 fully saturated rings. The Balaban J connectivity index is 0.000000253. The topological polar surface area (TPSA) is 89.9 Å². The molecule has 0 aliphatic rings. The molecule has 0 amide bonds. The number of phenolic OH excluding ortho intramolecular Hbond substituents is 2. The standard InChI is InChI=1S/2C14H12N2OS.Zn/c2*17-13-9-5-4-8-12(13)10-15-16-14(18)11-6-2-1-3-7-11;/h2*1-10,17H,(H,16,18);/q;;+2/p-2/b2*15-10-;. The van der Waals surface area contributed by atoms with Crippen molar-refractivity contribution < 1.29 is 29.7 Å². The molecule has 4 rings (SSSR count). The zero-order chi connectivity index (χ0) is 25.6. The number of hydrogen-bond acceptors (Lipinski definition) is 8. The van der Waals surface area contributed by atoms with Gasteiger partial charge >= 0.3 is 19.5 Å². The molecule has 2 N–H and O–H groups in total. The summed E-state index contributed by atoms with van der Waals surface area (Å²) >= 11 is 10.3. The summed E-state index contributed by atoms with van der Waals surface area (Å²) in [6, 6.07) is 32.7. The van der Waals surface area contributed by atoms with Gasteiger partial charge in [0, 0.05) is 11.1 Å². The number of rotatable bonds is 6. The Morgan fingerprint density at radius 1 is 0.514 bits per heavy atom. The van der Waals surface area contributed by atoms with Crippen LogP contribution in [0.1, 0.15) is 22.3 Å². The Hall–Kier alpha value is -3.78. The van der Waals surface area contributed by atoms with Crippen molar-refractivity contribution in [2.45, 2.75) is 0 Å². The second-order valence-electron chi connectivity index (χ2n) is 7.15. The number of nitrogens with zero attached hydrogens (tertiary/aromatic N) is 4. The molecule has 0 aliphatic heterocycles. The molecule has 0 heterocycles. The summed E-state index contributed by atoms with van der Waals surface area (Å²) in [4.78, 5) is 0. The van der Waals surface area contributed by atoms with Gasteiger partial charge in [-0.3, -0.25) is 0 Å². The van der Waals surface area contributed by atoms with Crippen LogP contribution in [0, 0.1) is 0 Å². The van der Waals surface area contributed by atoms with Crippen LogP contribution in [0.2, 0.25) is 0 Å². The molecular formula is C28H22N4O2S2Zn. The quantitative estimate of drug-likeness (QED) is 0.105. The fraction of sp³-hybridized carbons (Fsp3) is 0. The van der Waals surface area contributed by atoms with E-state index in [1.54, 1.807) is 36.4 Å². The van der Waals surface area contributed by atoms with Crippen molar-refractivity contribution in [1.29, 1.82) is 0 Å². The molecule has 0 bridgehead atoms. The van der Waals surface area contributed by atoms with Gasteiger partial charge in [0.15, 0.2) is 0 Å². The first-order chi connectivity index (χ1) is 17.5. The minimum atomic E-state index is 0. The van der Waals surface area contributed by atoms with Crippen molar-refractivity contribution in [2.24, 2.45) is 20.4 Å². The summed E-state index contributed by atoms with van der Waals surface area (Å²) in [6.45, 7) is 0. The summed E-state index contributed by atoms with van der Waals surface area (Å²) in [7, 11) is 0. The number of benzene rings is 4. The summed E-state index contributed by atoms with van der Waals surface area (Å²) in [6.07, 6.45) is 2.95. The Labute approximate surface area is 239 Å². The van der Waals surface area contributed by atoms with E-state index in [0.29, 0.717) is 21.2 Å². The Kier molecular flexibility index (Phi) is 12.8. The third-order valence-electron chi connectivity index (χ3n) is 4.61. The maximum absolute atomic E-state index is 9.53. The van der Waals surface area contributed by atoms with Gasteiger partial charge in [-0.05, 0) is 35.4 Å². The third kappa shape index (κ3) is 10.0. The van der Waals surface area contributed by atoms with E-state index < -0.39 is 0 Å². The van der Waals surface area contributed by atoms with Gasteiger partial charge in [0.1, 0.15) is 11.5 Å². The molecule has 180 valence electrons. The summed E-state index contributed by atoms with van der Waals surface area (Å²) in [5, 5.41) is 35.5. The van der Waals surface area contributed by atoms with Crippen molar-refractivity contribution in [2.75, 3.05) is 0 Å². The zero-order valence-corrected chi connectivity index (χ0v) is 24.4. The fourth-order valence-electron chi connectivity index (χ4n) is 2.76. The Morgan fingerprint density at radius 3 is 1.19 bits per heavy atom. The van der Waals surface area contributed by atoms with Crippen LogP contribution in [0.25, 0.3) is 0 Å². The van der Waals surface area contributed by atoms with E-state index in [1.807, 2.05) is 72.8 Å². The molecule has 37 heavy (non-hydrogen) atoms. The molecule has 0 aliphatic carbocycles. The van der Waals surface area contributed by atoms with Gasteiger partial charge in [-0.1, -0.05) is 95.0 Å². The smallest absolute Gasteiger partial charge is 0.758 e. The SMILES string of the molecule is Oc1ccccc1/C=N\N=C(/[S-])c1ccccc1.Oc1ccccc1/C=N\N=C(/[S-])c1ccccc1.[Zn+2]. The van der Waals surface area contributed by atoms with E-state index in [4.69, 9.17) is 25.3 Å². The minimum absolute atomic E-state index is 0. The number of para-hydroxylation sites is 2. The summed E-state index contributed by atoms with van der Waals surface area (Å²) < 4.78 is 0. The normalized spacial score (nSPS) is 11.6. The van der Waals surface area contributed by atoms with Crippen molar-refractivity contribution in [1.82, 2.24) is 0 Å². The van der Waals surface area contributed by atoms with Crippen LogP contribution in [0.5, 0.6) is 11.5 Å². The van der Waals surface area contributed by atoms with Crippen LogP contribution in [-0.4, -0.2) is 32.7 Å². The molecule has 0 radical (unpaired) electrons. The van der Waals surface area contributed by atoms with E-state index >= 15 is 0 Å². The Bertz CT molecular complexity index is 1270. The van der Waals surface area contributed by atoms with Crippen molar-refractivity contribution in [3.05, 3.63) is 131 Å². The van der Waals surface area contributed by atoms with E-state index in [0.717, 1.165) is 11.1 Å². The first-order valence-corrected chi connectivity index (χ1v) is 11.6.